The highest BCUT2D eigenvalue weighted by atomic mass is 16.5. The number of benzene rings is 2. The third-order valence-corrected chi connectivity index (χ3v) is 4.10. The minimum atomic E-state index is -0.170. The second-order valence-corrected chi connectivity index (χ2v) is 7.10. The molecule has 2 aromatic carbocycles. The topological polar surface area (TPSA) is 83.1 Å². The fraction of sp³-hybridized carbons (Fsp3) is 0.364. The molecule has 4 amide bonds. The lowest BCUT2D eigenvalue weighted by Crippen LogP contribution is -2.27. The van der Waals surface area contributed by atoms with Gasteiger partial charge in [-0.15, -0.1) is 0 Å². The molecule has 0 heterocycles. The summed E-state index contributed by atoms with van der Waals surface area (Å²) < 4.78 is 11.4. The van der Waals surface area contributed by atoms with Crippen LogP contribution < -0.4 is 20.1 Å². The molecule has 0 bridgehead atoms. The Morgan fingerprint density at radius 1 is 0.667 bits per heavy atom. The van der Waals surface area contributed by atoms with Crippen molar-refractivity contribution in [1.82, 2.24) is 9.80 Å². The molecular formula is C22H30N4O4. The van der Waals surface area contributed by atoms with Crippen LogP contribution in [0.4, 0.5) is 21.0 Å². The maximum Gasteiger partial charge on any atom is 0.321 e. The Kier molecular flexibility index (Phi) is 8.80. The number of urea groups is 2. The first-order valence-corrected chi connectivity index (χ1v) is 9.77. The smallest absolute Gasteiger partial charge is 0.321 e. The van der Waals surface area contributed by atoms with Crippen molar-refractivity contribution in [3.63, 3.8) is 0 Å². The summed E-state index contributed by atoms with van der Waals surface area (Å²) in [4.78, 5) is 26.2. The molecule has 0 saturated carbocycles. The predicted molar refractivity (Wildman–Crippen MR) is 119 cm³/mol. The molecule has 0 unspecified atom stereocenters. The molecule has 8 nitrogen and oxygen atoms in total. The van der Waals surface area contributed by atoms with Crippen molar-refractivity contribution < 1.29 is 19.1 Å². The minimum Gasteiger partial charge on any atom is -0.494 e. The summed E-state index contributed by atoms with van der Waals surface area (Å²) in [6.45, 7) is 1.17. The summed E-state index contributed by atoms with van der Waals surface area (Å²) in [5.41, 5.74) is 1.45. The highest BCUT2D eigenvalue weighted by Gasteiger charge is 2.05. The Morgan fingerprint density at radius 3 is 1.30 bits per heavy atom. The first-order chi connectivity index (χ1) is 14.3. The second-order valence-electron chi connectivity index (χ2n) is 7.10. The van der Waals surface area contributed by atoms with Crippen molar-refractivity contribution in [2.24, 2.45) is 0 Å². The fourth-order valence-corrected chi connectivity index (χ4v) is 2.32. The van der Waals surface area contributed by atoms with E-state index in [1.165, 1.54) is 9.80 Å². The molecule has 0 aliphatic carbocycles. The lowest BCUT2D eigenvalue weighted by molar-refractivity contribution is 0.230. The van der Waals surface area contributed by atoms with Gasteiger partial charge in [0.2, 0.25) is 0 Å². The van der Waals surface area contributed by atoms with Crippen molar-refractivity contribution in [2.45, 2.75) is 12.8 Å². The Bertz CT molecular complexity index is 735. The summed E-state index contributed by atoms with van der Waals surface area (Å²) in [6.07, 6.45) is 1.71. The van der Waals surface area contributed by atoms with Crippen LogP contribution in [0.25, 0.3) is 0 Å². The molecule has 0 aliphatic rings. The third kappa shape index (κ3) is 7.90. The summed E-state index contributed by atoms with van der Waals surface area (Å²) in [5.74, 6) is 1.52. The van der Waals surface area contributed by atoms with Crippen LogP contribution in [0.2, 0.25) is 0 Å². The van der Waals surface area contributed by atoms with Crippen LogP contribution in [0.5, 0.6) is 11.5 Å². The Morgan fingerprint density at radius 2 is 1.00 bits per heavy atom. The average molecular weight is 415 g/mol. The van der Waals surface area contributed by atoms with E-state index in [1.807, 2.05) is 48.5 Å². The van der Waals surface area contributed by atoms with Gasteiger partial charge in [0.05, 0.1) is 13.2 Å². The van der Waals surface area contributed by atoms with E-state index < -0.39 is 0 Å². The van der Waals surface area contributed by atoms with Crippen LogP contribution in [-0.2, 0) is 0 Å². The number of amides is 4. The first-order valence-electron chi connectivity index (χ1n) is 9.77. The molecule has 0 radical (unpaired) electrons. The SMILES string of the molecule is CN(C)C(=O)Nc1ccc(OCCCCOc2ccc(NC(=O)N(C)C)cc2)cc1. The summed E-state index contributed by atoms with van der Waals surface area (Å²) in [6, 6.07) is 14.2. The van der Waals surface area contributed by atoms with Crippen molar-refractivity contribution >= 4 is 23.4 Å². The maximum atomic E-state index is 11.6. The van der Waals surface area contributed by atoms with Crippen LogP contribution in [0.1, 0.15) is 12.8 Å². The number of anilines is 2. The molecular weight excluding hydrogens is 384 g/mol. The van der Waals surface area contributed by atoms with E-state index in [1.54, 1.807) is 28.2 Å². The van der Waals surface area contributed by atoms with Gasteiger partial charge in [-0.05, 0) is 61.4 Å². The number of ether oxygens (including phenoxy) is 2. The van der Waals surface area contributed by atoms with Crippen molar-refractivity contribution in [2.75, 3.05) is 52.0 Å². The van der Waals surface area contributed by atoms with Gasteiger partial charge in [0.25, 0.3) is 0 Å². The number of nitrogens with zero attached hydrogens (tertiary/aromatic N) is 2. The van der Waals surface area contributed by atoms with E-state index in [2.05, 4.69) is 10.6 Å². The number of hydrogen-bond donors (Lipinski definition) is 2. The number of rotatable bonds is 9. The predicted octanol–water partition coefficient (Wildman–Crippen LogP) is 4.11. The van der Waals surface area contributed by atoms with Gasteiger partial charge in [0.15, 0.2) is 0 Å². The average Bonchev–Trinajstić information content (AvgIpc) is 2.72. The number of carbonyl (C=O) groups excluding carboxylic acids is 2. The molecule has 0 saturated heterocycles. The van der Waals surface area contributed by atoms with Gasteiger partial charge in [-0.2, -0.15) is 0 Å². The van der Waals surface area contributed by atoms with Gasteiger partial charge in [-0.25, -0.2) is 9.59 Å². The molecule has 162 valence electrons. The monoisotopic (exact) mass is 414 g/mol. The van der Waals surface area contributed by atoms with Crippen molar-refractivity contribution in [3.05, 3.63) is 48.5 Å². The Balaban J connectivity index is 1.61. The lowest BCUT2D eigenvalue weighted by atomic mass is 10.3. The van der Waals surface area contributed by atoms with Gasteiger partial charge in [-0.3, -0.25) is 0 Å². The zero-order chi connectivity index (χ0) is 21.9. The molecule has 8 heteroatoms. The number of hydrogen-bond acceptors (Lipinski definition) is 4. The Labute approximate surface area is 177 Å². The summed E-state index contributed by atoms with van der Waals surface area (Å²) in [7, 11) is 6.77. The molecule has 2 rings (SSSR count). The first kappa shape index (κ1) is 22.9. The van der Waals surface area contributed by atoms with E-state index in [0.29, 0.717) is 13.2 Å². The fourth-order valence-electron chi connectivity index (χ4n) is 2.32. The largest absolute Gasteiger partial charge is 0.494 e. The molecule has 2 aromatic rings. The van der Waals surface area contributed by atoms with Gasteiger partial charge in [0, 0.05) is 39.6 Å². The normalized spacial score (nSPS) is 10.1. The highest BCUT2D eigenvalue weighted by molar-refractivity contribution is 5.89. The maximum absolute atomic E-state index is 11.6. The second kappa shape index (κ2) is 11.5. The summed E-state index contributed by atoms with van der Waals surface area (Å²) in [5, 5.41) is 5.56. The standard InChI is InChI=1S/C22H30N4O4/c1-25(2)21(27)23-17-7-11-19(12-8-17)29-15-5-6-16-30-20-13-9-18(10-14-20)24-22(28)26(3)4/h7-14H,5-6,15-16H2,1-4H3,(H,23,27)(H,24,28). The molecule has 0 spiro atoms. The molecule has 0 aromatic heterocycles. The molecule has 0 fully saturated rings. The number of carbonyl (C=O) groups is 2. The molecule has 0 aliphatic heterocycles. The third-order valence-electron chi connectivity index (χ3n) is 4.10. The van der Waals surface area contributed by atoms with Crippen LogP contribution in [0, 0.1) is 0 Å². The number of nitrogens with one attached hydrogen (secondary N) is 2. The van der Waals surface area contributed by atoms with Gasteiger partial charge < -0.3 is 29.9 Å². The van der Waals surface area contributed by atoms with E-state index in [0.717, 1.165) is 35.7 Å². The quantitative estimate of drug-likeness (QED) is 0.605. The highest BCUT2D eigenvalue weighted by Crippen LogP contribution is 2.18. The zero-order valence-electron chi connectivity index (χ0n) is 18.0. The molecule has 2 N–H and O–H groups in total. The molecule has 30 heavy (non-hydrogen) atoms. The van der Waals surface area contributed by atoms with E-state index >= 15 is 0 Å². The summed E-state index contributed by atoms with van der Waals surface area (Å²) >= 11 is 0. The lowest BCUT2D eigenvalue weighted by Gasteiger charge is -2.13. The van der Waals surface area contributed by atoms with Crippen LogP contribution >= 0.6 is 0 Å². The van der Waals surface area contributed by atoms with Crippen LogP contribution in [0.15, 0.2) is 48.5 Å². The minimum absolute atomic E-state index is 0.170. The van der Waals surface area contributed by atoms with E-state index in [-0.39, 0.29) is 12.1 Å². The van der Waals surface area contributed by atoms with Gasteiger partial charge in [0.1, 0.15) is 11.5 Å². The van der Waals surface area contributed by atoms with E-state index in [4.69, 9.17) is 9.47 Å². The van der Waals surface area contributed by atoms with Crippen LogP contribution in [-0.4, -0.2) is 63.3 Å². The zero-order valence-corrected chi connectivity index (χ0v) is 18.0. The number of unbranched alkanes of at least 4 members (excludes halogenated alkanes) is 1. The van der Waals surface area contributed by atoms with Gasteiger partial charge >= 0.3 is 12.1 Å². The van der Waals surface area contributed by atoms with Gasteiger partial charge in [-0.1, -0.05) is 0 Å². The molecule has 0 atom stereocenters. The van der Waals surface area contributed by atoms with Crippen molar-refractivity contribution in [1.29, 1.82) is 0 Å². The van der Waals surface area contributed by atoms with Crippen molar-refractivity contribution in [3.8, 4) is 11.5 Å². The Hall–Kier alpha value is -3.42. The van der Waals surface area contributed by atoms with E-state index in [9.17, 15) is 9.59 Å². The van der Waals surface area contributed by atoms with Crippen LogP contribution in [0.3, 0.4) is 0 Å².